The van der Waals surface area contributed by atoms with Gasteiger partial charge in [0.1, 0.15) is 5.75 Å². The van der Waals surface area contributed by atoms with Crippen molar-refractivity contribution in [2.75, 3.05) is 13.7 Å². The van der Waals surface area contributed by atoms with Crippen LogP contribution in [0.1, 0.15) is 12.6 Å². The van der Waals surface area contributed by atoms with Crippen LogP contribution >= 0.6 is 23.2 Å². The van der Waals surface area contributed by atoms with Gasteiger partial charge in [-0.15, -0.1) is 0 Å². The first-order chi connectivity index (χ1) is 13.0. The Hall–Kier alpha value is -2.44. The summed E-state index contributed by atoms with van der Waals surface area (Å²) in [4.78, 5) is 16.8. The van der Waals surface area contributed by atoms with Crippen LogP contribution in [0.4, 0.5) is 0 Å². The maximum atomic E-state index is 12.2. The number of hydrogen-bond acceptors (Lipinski definition) is 4. The van der Waals surface area contributed by atoms with Gasteiger partial charge in [0.25, 0.3) is 5.91 Å². The summed E-state index contributed by atoms with van der Waals surface area (Å²) in [6, 6.07) is 8.61. The Morgan fingerprint density at radius 2 is 2.11 bits per heavy atom. The van der Waals surface area contributed by atoms with E-state index in [9.17, 15) is 4.79 Å². The van der Waals surface area contributed by atoms with E-state index in [1.807, 2.05) is 28.9 Å². The average molecular weight is 408 g/mol. The number of aromatic nitrogens is 2. The van der Waals surface area contributed by atoms with Gasteiger partial charge in [0, 0.05) is 30.4 Å². The molecule has 0 saturated carbocycles. The number of carbonyl (C=O) groups excluding carboxylic acids is 1. The molecule has 0 aliphatic rings. The van der Waals surface area contributed by atoms with Gasteiger partial charge in [0.2, 0.25) is 0 Å². The smallest absolute Gasteiger partial charge is 0.260 e. The van der Waals surface area contributed by atoms with Crippen molar-refractivity contribution in [3.05, 3.63) is 58.5 Å². The molecule has 0 aliphatic heterocycles. The number of hydrogen-bond donors (Lipinski definition) is 1. The predicted molar refractivity (Wildman–Crippen MR) is 105 cm³/mol. The highest BCUT2D eigenvalue weighted by atomic mass is 35.5. The minimum Gasteiger partial charge on any atom is -0.493 e. The molecule has 8 heteroatoms. The zero-order valence-corrected chi connectivity index (χ0v) is 16.4. The van der Waals surface area contributed by atoms with Gasteiger partial charge in [-0.25, -0.2) is 4.98 Å². The van der Waals surface area contributed by atoms with Crippen LogP contribution in [0.2, 0.25) is 10.0 Å². The largest absolute Gasteiger partial charge is 0.493 e. The van der Waals surface area contributed by atoms with E-state index in [0.717, 1.165) is 11.3 Å². The Labute approximate surface area is 167 Å². The molecule has 27 heavy (non-hydrogen) atoms. The first-order valence-corrected chi connectivity index (χ1v) is 9.13. The van der Waals surface area contributed by atoms with Crippen molar-refractivity contribution in [3.8, 4) is 11.5 Å². The third-order valence-electron chi connectivity index (χ3n) is 3.96. The van der Waals surface area contributed by atoms with Gasteiger partial charge in [-0.2, -0.15) is 0 Å². The summed E-state index contributed by atoms with van der Waals surface area (Å²) in [6.07, 6.45) is 3.71. The quantitative estimate of drug-likeness (QED) is 0.647. The van der Waals surface area contributed by atoms with Gasteiger partial charge >= 0.3 is 0 Å². The number of imidazole rings is 1. The summed E-state index contributed by atoms with van der Waals surface area (Å²) in [7, 11) is 1.61. The summed E-state index contributed by atoms with van der Waals surface area (Å²) in [6.45, 7) is 2.10. The van der Waals surface area contributed by atoms with Crippen LogP contribution in [0, 0.1) is 0 Å². The maximum absolute atomic E-state index is 12.2. The van der Waals surface area contributed by atoms with Gasteiger partial charge in [0.15, 0.2) is 17.5 Å². The molecule has 0 fully saturated rings. The number of fused-ring (bicyclic) bond motifs is 1. The van der Waals surface area contributed by atoms with Crippen molar-refractivity contribution >= 4 is 34.8 Å². The van der Waals surface area contributed by atoms with Crippen LogP contribution in [0.25, 0.3) is 5.65 Å². The Morgan fingerprint density at radius 1 is 1.30 bits per heavy atom. The van der Waals surface area contributed by atoms with Crippen molar-refractivity contribution in [1.82, 2.24) is 14.7 Å². The van der Waals surface area contributed by atoms with Gasteiger partial charge < -0.3 is 19.2 Å². The van der Waals surface area contributed by atoms with E-state index < -0.39 is 6.10 Å². The summed E-state index contributed by atoms with van der Waals surface area (Å²) in [5.74, 6) is 0.883. The molecule has 1 amide bonds. The molecule has 142 valence electrons. The minimum atomic E-state index is -0.690. The lowest BCUT2D eigenvalue weighted by Gasteiger charge is -2.15. The standard InChI is InChI=1S/C19H19Cl2N3O3/c1-12(27-16-6-5-13(20)10-15(16)21)19(25)22-8-7-14-11-24-9-3-4-17(26-2)18(24)23-14/h3-6,9-12H,7-8H2,1-2H3,(H,22,25). The van der Waals surface area contributed by atoms with Crippen LogP contribution in [-0.2, 0) is 11.2 Å². The average Bonchev–Trinajstić information content (AvgIpc) is 3.06. The lowest BCUT2D eigenvalue weighted by Crippen LogP contribution is -2.37. The molecule has 6 nitrogen and oxygen atoms in total. The third-order valence-corrected chi connectivity index (χ3v) is 4.49. The number of ether oxygens (including phenoxy) is 2. The number of pyridine rings is 1. The Kier molecular flexibility index (Phi) is 6.08. The second-order valence-corrected chi connectivity index (χ2v) is 6.76. The summed E-state index contributed by atoms with van der Waals surface area (Å²) >= 11 is 11.9. The molecular weight excluding hydrogens is 389 g/mol. The second kappa shape index (κ2) is 8.50. The number of nitrogens with one attached hydrogen (secondary N) is 1. The van der Waals surface area contributed by atoms with Crippen molar-refractivity contribution in [2.24, 2.45) is 0 Å². The molecule has 0 bridgehead atoms. The molecule has 1 unspecified atom stereocenters. The van der Waals surface area contributed by atoms with Crippen LogP contribution in [0.15, 0.2) is 42.7 Å². The second-order valence-electron chi connectivity index (χ2n) is 5.92. The van der Waals surface area contributed by atoms with Crippen molar-refractivity contribution in [1.29, 1.82) is 0 Å². The number of nitrogens with zero attached hydrogens (tertiary/aromatic N) is 2. The number of halogens is 2. The van der Waals surface area contributed by atoms with E-state index in [1.165, 1.54) is 0 Å². The Bertz CT molecular complexity index is 959. The van der Waals surface area contributed by atoms with E-state index in [-0.39, 0.29) is 5.91 Å². The lowest BCUT2D eigenvalue weighted by molar-refractivity contribution is -0.127. The molecule has 3 rings (SSSR count). The molecule has 1 aromatic carbocycles. The SMILES string of the molecule is COc1cccn2cc(CCNC(=O)C(C)Oc3ccc(Cl)cc3Cl)nc12. The highest BCUT2D eigenvalue weighted by molar-refractivity contribution is 6.35. The van der Waals surface area contributed by atoms with Crippen molar-refractivity contribution < 1.29 is 14.3 Å². The number of carbonyl (C=O) groups is 1. The van der Waals surface area contributed by atoms with Crippen LogP contribution in [-0.4, -0.2) is 35.1 Å². The molecule has 1 atom stereocenters. The predicted octanol–water partition coefficient (Wildman–Crippen LogP) is 3.78. The number of amides is 1. The van der Waals surface area contributed by atoms with Crippen LogP contribution < -0.4 is 14.8 Å². The monoisotopic (exact) mass is 407 g/mol. The van der Waals surface area contributed by atoms with Crippen molar-refractivity contribution in [2.45, 2.75) is 19.4 Å². The minimum absolute atomic E-state index is 0.234. The van der Waals surface area contributed by atoms with Gasteiger partial charge in [-0.05, 0) is 37.3 Å². The van der Waals surface area contributed by atoms with Crippen LogP contribution in [0.5, 0.6) is 11.5 Å². The maximum Gasteiger partial charge on any atom is 0.260 e. The fourth-order valence-corrected chi connectivity index (χ4v) is 3.04. The van der Waals surface area contributed by atoms with Gasteiger partial charge in [0.05, 0.1) is 17.8 Å². The molecule has 3 aromatic rings. The topological polar surface area (TPSA) is 64.9 Å². The molecule has 0 spiro atoms. The molecule has 2 aromatic heterocycles. The highest BCUT2D eigenvalue weighted by Gasteiger charge is 2.16. The van der Waals surface area contributed by atoms with E-state index in [2.05, 4.69) is 10.3 Å². The summed E-state index contributed by atoms with van der Waals surface area (Å²) in [5, 5.41) is 3.71. The number of benzene rings is 1. The van der Waals surface area contributed by atoms with Gasteiger partial charge in [-0.3, -0.25) is 4.79 Å². The van der Waals surface area contributed by atoms with Crippen molar-refractivity contribution in [3.63, 3.8) is 0 Å². The number of methoxy groups -OCH3 is 1. The Balaban J connectivity index is 1.54. The summed E-state index contributed by atoms with van der Waals surface area (Å²) < 4.78 is 12.8. The van der Waals surface area contributed by atoms with E-state index >= 15 is 0 Å². The lowest BCUT2D eigenvalue weighted by atomic mass is 10.3. The molecule has 1 N–H and O–H groups in total. The molecule has 2 heterocycles. The Morgan fingerprint density at radius 3 is 2.85 bits per heavy atom. The zero-order chi connectivity index (χ0) is 19.4. The van der Waals surface area contributed by atoms with Crippen LogP contribution in [0.3, 0.4) is 0 Å². The van der Waals surface area contributed by atoms with E-state index in [0.29, 0.717) is 34.5 Å². The number of rotatable bonds is 7. The normalized spacial score (nSPS) is 12.0. The molecule has 0 aliphatic carbocycles. The van der Waals surface area contributed by atoms with E-state index in [1.54, 1.807) is 32.2 Å². The fraction of sp³-hybridized carbons (Fsp3) is 0.263. The third kappa shape index (κ3) is 4.64. The fourth-order valence-electron chi connectivity index (χ4n) is 2.59. The molecular formula is C19H19Cl2N3O3. The van der Waals surface area contributed by atoms with Gasteiger partial charge in [-0.1, -0.05) is 23.2 Å². The first-order valence-electron chi connectivity index (χ1n) is 8.38. The summed E-state index contributed by atoms with van der Waals surface area (Å²) in [5.41, 5.74) is 1.60. The highest BCUT2D eigenvalue weighted by Crippen LogP contribution is 2.28. The molecule has 0 saturated heterocycles. The zero-order valence-electron chi connectivity index (χ0n) is 14.9. The van der Waals surface area contributed by atoms with E-state index in [4.69, 9.17) is 32.7 Å². The first kappa shape index (κ1) is 19.3. The molecule has 0 radical (unpaired) electrons.